The Labute approximate surface area is 145 Å². The topological polar surface area (TPSA) is 44.1 Å². The van der Waals surface area contributed by atoms with Crippen molar-refractivity contribution in [2.24, 2.45) is 11.3 Å². The van der Waals surface area contributed by atoms with E-state index in [-0.39, 0.29) is 16.9 Å². The molecular formula is C20H40N2O. The monoisotopic (exact) mass is 324 g/mol. The lowest BCUT2D eigenvalue weighted by Crippen LogP contribution is -2.36. The van der Waals surface area contributed by atoms with Crippen LogP contribution in [0.5, 0.6) is 0 Å². The third-order valence-electron chi connectivity index (χ3n) is 4.23. The summed E-state index contributed by atoms with van der Waals surface area (Å²) in [5, 5.41) is 8.75. The summed E-state index contributed by atoms with van der Waals surface area (Å²) in [6.07, 6.45) is 3.28. The van der Waals surface area contributed by atoms with Gasteiger partial charge in [0.1, 0.15) is 11.6 Å². The number of carbonyl (C=O) groups is 1. The minimum Gasteiger partial charge on any atom is -0.338 e. The van der Waals surface area contributed by atoms with Gasteiger partial charge in [0.05, 0.1) is 0 Å². The summed E-state index contributed by atoms with van der Waals surface area (Å²) in [7, 11) is 0. The zero-order valence-corrected chi connectivity index (χ0v) is 17.1. The molecule has 0 N–H and O–H groups in total. The summed E-state index contributed by atoms with van der Waals surface area (Å²) in [4.78, 5) is 13.7. The van der Waals surface area contributed by atoms with Crippen LogP contribution in [0.15, 0.2) is 12.2 Å². The highest BCUT2D eigenvalue weighted by Crippen LogP contribution is 2.36. The molecule has 0 saturated carbocycles. The Morgan fingerprint density at radius 1 is 1.17 bits per heavy atom. The standard InChI is InChI=1S/C16H28N2O.2C2H6/c1-7-9-16(6,13(3)4)10-11-18(8-2)15(19)14(5)12-17;2*1-2/h13H,5,7-11H2,1-4,6H3;2*1-2H3. The molecule has 0 saturated heterocycles. The molecule has 0 fully saturated rings. The van der Waals surface area contributed by atoms with Crippen molar-refractivity contribution >= 4 is 5.91 Å². The molecule has 0 aromatic heterocycles. The highest BCUT2D eigenvalue weighted by molar-refractivity contribution is 5.96. The Morgan fingerprint density at radius 3 is 1.96 bits per heavy atom. The fourth-order valence-electron chi connectivity index (χ4n) is 2.31. The number of rotatable bonds is 8. The molecule has 0 rings (SSSR count). The fourth-order valence-corrected chi connectivity index (χ4v) is 2.31. The van der Waals surface area contributed by atoms with Gasteiger partial charge in [-0.25, -0.2) is 0 Å². The van der Waals surface area contributed by atoms with Crippen molar-refractivity contribution in [3.8, 4) is 6.07 Å². The van der Waals surface area contributed by atoms with Gasteiger partial charge in [-0.15, -0.1) is 0 Å². The zero-order valence-electron chi connectivity index (χ0n) is 17.1. The lowest BCUT2D eigenvalue weighted by Gasteiger charge is -2.35. The zero-order chi connectivity index (χ0) is 19.1. The van der Waals surface area contributed by atoms with Crippen LogP contribution >= 0.6 is 0 Å². The average molecular weight is 325 g/mol. The van der Waals surface area contributed by atoms with Crippen molar-refractivity contribution < 1.29 is 4.79 Å². The van der Waals surface area contributed by atoms with Crippen LogP contribution in [0.3, 0.4) is 0 Å². The van der Waals surface area contributed by atoms with Crippen LogP contribution in [-0.2, 0) is 4.79 Å². The van der Waals surface area contributed by atoms with Crippen molar-refractivity contribution in [3.05, 3.63) is 12.2 Å². The van der Waals surface area contributed by atoms with E-state index in [0.29, 0.717) is 19.0 Å². The predicted octanol–water partition coefficient (Wildman–Crippen LogP) is 5.82. The van der Waals surface area contributed by atoms with E-state index in [1.165, 1.54) is 0 Å². The lowest BCUT2D eigenvalue weighted by molar-refractivity contribution is -0.127. The number of nitrogens with zero attached hydrogens (tertiary/aromatic N) is 2. The summed E-state index contributed by atoms with van der Waals surface area (Å²) in [5.41, 5.74) is 0.278. The van der Waals surface area contributed by atoms with Gasteiger partial charge >= 0.3 is 0 Å². The van der Waals surface area contributed by atoms with E-state index in [1.54, 1.807) is 4.90 Å². The van der Waals surface area contributed by atoms with Crippen LogP contribution in [-0.4, -0.2) is 23.9 Å². The van der Waals surface area contributed by atoms with E-state index in [1.807, 2.05) is 40.7 Å². The first kappa shape index (κ1) is 26.6. The molecular weight excluding hydrogens is 284 g/mol. The highest BCUT2D eigenvalue weighted by atomic mass is 16.2. The first-order chi connectivity index (χ1) is 10.8. The molecule has 136 valence electrons. The maximum atomic E-state index is 12.0. The van der Waals surface area contributed by atoms with E-state index >= 15 is 0 Å². The molecule has 3 nitrogen and oxygen atoms in total. The number of hydrogen-bond acceptors (Lipinski definition) is 2. The van der Waals surface area contributed by atoms with Gasteiger partial charge in [-0.05, 0) is 31.1 Å². The molecule has 0 radical (unpaired) electrons. The summed E-state index contributed by atoms with van der Waals surface area (Å²) in [5.74, 6) is 0.355. The summed E-state index contributed by atoms with van der Waals surface area (Å²) in [6.45, 7) is 23.7. The summed E-state index contributed by atoms with van der Waals surface area (Å²) < 4.78 is 0. The quantitative estimate of drug-likeness (QED) is 0.417. The second-order valence-corrected chi connectivity index (χ2v) is 5.78. The third kappa shape index (κ3) is 10.2. The van der Waals surface area contributed by atoms with Crippen LogP contribution in [0.2, 0.25) is 0 Å². The van der Waals surface area contributed by atoms with Gasteiger partial charge in [-0.1, -0.05) is 68.4 Å². The van der Waals surface area contributed by atoms with Crippen LogP contribution in [0, 0.1) is 22.7 Å². The van der Waals surface area contributed by atoms with Crippen LogP contribution in [0.1, 0.15) is 81.6 Å². The SMILES string of the molecule is C=C(C#N)C(=O)N(CC)CCC(C)(CCC)C(C)C.CC.CC. The summed E-state index contributed by atoms with van der Waals surface area (Å²) in [6, 6.07) is 1.84. The highest BCUT2D eigenvalue weighted by Gasteiger charge is 2.28. The van der Waals surface area contributed by atoms with Gasteiger partial charge in [-0.2, -0.15) is 5.26 Å². The Bertz CT molecular complexity index is 355. The molecule has 1 atom stereocenters. The fraction of sp³-hybridized carbons (Fsp3) is 0.800. The maximum absolute atomic E-state index is 12.0. The third-order valence-corrected chi connectivity index (χ3v) is 4.23. The molecule has 1 amide bonds. The summed E-state index contributed by atoms with van der Waals surface area (Å²) >= 11 is 0. The van der Waals surface area contributed by atoms with Crippen LogP contribution in [0.25, 0.3) is 0 Å². The Morgan fingerprint density at radius 2 is 1.65 bits per heavy atom. The van der Waals surface area contributed by atoms with Crippen molar-refractivity contribution in [2.75, 3.05) is 13.1 Å². The number of amides is 1. The second-order valence-electron chi connectivity index (χ2n) is 5.78. The first-order valence-corrected chi connectivity index (χ1v) is 9.20. The van der Waals surface area contributed by atoms with E-state index < -0.39 is 0 Å². The van der Waals surface area contributed by atoms with Crippen LogP contribution in [0.4, 0.5) is 0 Å². The molecule has 0 bridgehead atoms. The molecule has 0 heterocycles. The van der Waals surface area contributed by atoms with Crippen molar-refractivity contribution in [1.82, 2.24) is 4.90 Å². The van der Waals surface area contributed by atoms with Gasteiger partial charge in [-0.3, -0.25) is 4.79 Å². The number of nitriles is 1. The van der Waals surface area contributed by atoms with Gasteiger partial charge < -0.3 is 4.90 Å². The Hall–Kier alpha value is -1.30. The van der Waals surface area contributed by atoms with Crippen molar-refractivity contribution in [3.63, 3.8) is 0 Å². The smallest absolute Gasteiger partial charge is 0.263 e. The molecule has 1 unspecified atom stereocenters. The number of likely N-dealkylation sites (N-methyl/N-ethyl adjacent to an activating group) is 1. The molecule has 0 aliphatic heterocycles. The minimum atomic E-state index is -0.229. The van der Waals surface area contributed by atoms with E-state index in [0.717, 1.165) is 19.3 Å². The minimum absolute atomic E-state index is 0.0311. The van der Waals surface area contributed by atoms with Gasteiger partial charge in [0.2, 0.25) is 0 Å². The molecule has 3 heteroatoms. The molecule has 0 aliphatic carbocycles. The Balaban J connectivity index is -0.000000919. The molecule has 0 spiro atoms. The average Bonchev–Trinajstić information content (AvgIpc) is 2.58. The number of hydrogen-bond donors (Lipinski definition) is 0. The predicted molar refractivity (Wildman–Crippen MR) is 102 cm³/mol. The lowest BCUT2D eigenvalue weighted by atomic mass is 9.73. The van der Waals surface area contributed by atoms with E-state index in [9.17, 15) is 4.79 Å². The molecule has 0 aliphatic rings. The van der Waals surface area contributed by atoms with E-state index in [4.69, 9.17) is 5.26 Å². The van der Waals surface area contributed by atoms with E-state index in [2.05, 4.69) is 34.3 Å². The second kappa shape index (κ2) is 15.6. The maximum Gasteiger partial charge on any atom is 0.263 e. The largest absolute Gasteiger partial charge is 0.338 e. The normalized spacial score (nSPS) is 11.9. The van der Waals surface area contributed by atoms with Gasteiger partial charge in [0.25, 0.3) is 5.91 Å². The molecule has 23 heavy (non-hydrogen) atoms. The molecule has 0 aromatic rings. The first-order valence-electron chi connectivity index (χ1n) is 9.20. The van der Waals surface area contributed by atoms with Crippen molar-refractivity contribution in [2.45, 2.75) is 81.6 Å². The van der Waals surface area contributed by atoms with Crippen LogP contribution < -0.4 is 0 Å². The van der Waals surface area contributed by atoms with Gasteiger partial charge in [0.15, 0.2) is 0 Å². The number of carbonyl (C=O) groups excluding carboxylic acids is 1. The van der Waals surface area contributed by atoms with Crippen molar-refractivity contribution in [1.29, 1.82) is 5.26 Å². The Kier molecular flexibility index (Phi) is 18.0. The molecule has 0 aromatic carbocycles. The van der Waals surface area contributed by atoms with Gasteiger partial charge in [0, 0.05) is 13.1 Å².